The van der Waals surface area contributed by atoms with Crippen LogP contribution < -0.4 is 0 Å². The number of aryl methyl sites for hydroxylation is 2. The summed E-state index contributed by atoms with van der Waals surface area (Å²) in [7, 11) is 0. The second-order valence-electron chi connectivity index (χ2n) is 7.38. The van der Waals surface area contributed by atoms with E-state index in [2.05, 4.69) is 23.2 Å². The maximum Gasteiger partial charge on any atom is 0.307 e. The minimum atomic E-state index is -0.965. The molecule has 0 spiro atoms. The number of nitrogens with one attached hydrogen (secondary N) is 1. The highest BCUT2D eigenvalue weighted by atomic mass is 16.4. The number of aromatic nitrogens is 1. The molecule has 0 saturated carbocycles. The molecule has 0 aliphatic rings. The first-order valence-electron chi connectivity index (χ1n) is 9.47. The molecule has 4 nitrogen and oxygen atoms in total. The zero-order valence-electron chi connectivity index (χ0n) is 16.3. The van der Waals surface area contributed by atoms with Crippen LogP contribution in [0.2, 0.25) is 0 Å². The van der Waals surface area contributed by atoms with E-state index in [1.54, 1.807) is 6.07 Å². The molecule has 0 fully saturated rings. The summed E-state index contributed by atoms with van der Waals surface area (Å²) >= 11 is 0. The molecule has 2 N–H and O–H groups in total. The van der Waals surface area contributed by atoms with E-state index in [0.717, 1.165) is 33.2 Å². The van der Waals surface area contributed by atoms with Crippen molar-refractivity contribution in [2.24, 2.45) is 0 Å². The number of aromatic amines is 1. The molecule has 4 rings (SSSR count). The third-order valence-corrected chi connectivity index (χ3v) is 5.05. The molecule has 1 heterocycles. The lowest BCUT2D eigenvalue weighted by Gasteiger charge is -2.08. The smallest absolute Gasteiger partial charge is 0.307 e. The van der Waals surface area contributed by atoms with Gasteiger partial charge < -0.3 is 10.1 Å². The van der Waals surface area contributed by atoms with Crippen molar-refractivity contribution in [1.29, 1.82) is 0 Å². The van der Waals surface area contributed by atoms with Crippen LogP contribution in [0.15, 0.2) is 66.7 Å². The zero-order chi connectivity index (χ0) is 20.5. The van der Waals surface area contributed by atoms with Gasteiger partial charge in [0.05, 0.1) is 12.1 Å². The van der Waals surface area contributed by atoms with Gasteiger partial charge in [-0.3, -0.25) is 9.59 Å². The van der Waals surface area contributed by atoms with Crippen LogP contribution in [0.25, 0.3) is 22.0 Å². The van der Waals surface area contributed by atoms with E-state index in [9.17, 15) is 14.7 Å². The molecule has 29 heavy (non-hydrogen) atoms. The summed E-state index contributed by atoms with van der Waals surface area (Å²) in [5.41, 5.74) is 6.49. The molecule has 0 unspecified atom stereocenters. The highest BCUT2D eigenvalue weighted by molar-refractivity contribution is 6.12. The van der Waals surface area contributed by atoms with Gasteiger partial charge in [-0.25, -0.2) is 0 Å². The van der Waals surface area contributed by atoms with Crippen LogP contribution in [0.4, 0.5) is 0 Å². The molecule has 0 amide bonds. The maximum absolute atomic E-state index is 13.3. The van der Waals surface area contributed by atoms with Crippen molar-refractivity contribution in [2.45, 2.75) is 20.3 Å². The van der Waals surface area contributed by atoms with Crippen molar-refractivity contribution in [3.8, 4) is 11.1 Å². The number of rotatable bonds is 5. The predicted molar refractivity (Wildman–Crippen MR) is 114 cm³/mol. The van der Waals surface area contributed by atoms with Crippen LogP contribution in [0.3, 0.4) is 0 Å². The zero-order valence-corrected chi connectivity index (χ0v) is 16.3. The SMILES string of the molecule is Cc1cc(C)cc(-c2cccc(C(=O)c3[nH]c4ccccc4c3CC(=O)O)c2)c1. The van der Waals surface area contributed by atoms with E-state index in [0.29, 0.717) is 16.8 Å². The number of carboxylic acid groups (broad SMARTS) is 1. The normalized spacial score (nSPS) is 11.0. The Morgan fingerprint density at radius 1 is 0.862 bits per heavy atom. The minimum absolute atomic E-state index is 0.205. The lowest BCUT2D eigenvalue weighted by atomic mass is 9.96. The van der Waals surface area contributed by atoms with E-state index in [1.165, 1.54) is 0 Å². The fraction of sp³-hybridized carbons (Fsp3) is 0.120. The Hall–Kier alpha value is -3.66. The van der Waals surface area contributed by atoms with E-state index in [1.807, 2.05) is 56.3 Å². The Bertz CT molecular complexity index is 1230. The first kappa shape index (κ1) is 18.7. The van der Waals surface area contributed by atoms with Gasteiger partial charge in [-0.05, 0) is 37.1 Å². The number of benzene rings is 3. The number of carboxylic acids is 1. The number of para-hydroxylation sites is 1. The second-order valence-corrected chi connectivity index (χ2v) is 7.38. The third-order valence-electron chi connectivity index (χ3n) is 5.05. The molecule has 144 valence electrons. The van der Waals surface area contributed by atoms with Gasteiger partial charge in [0.15, 0.2) is 0 Å². The van der Waals surface area contributed by atoms with Crippen LogP contribution >= 0.6 is 0 Å². The van der Waals surface area contributed by atoms with Gasteiger partial charge in [-0.1, -0.05) is 65.7 Å². The van der Waals surface area contributed by atoms with E-state index in [4.69, 9.17) is 0 Å². The van der Waals surface area contributed by atoms with Gasteiger partial charge in [0.1, 0.15) is 0 Å². The van der Waals surface area contributed by atoms with Gasteiger partial charge >= 0.3 is 5.97 Å². The number of carbonyl (C=O) groups excluding carboxylic acids is 1. The lowest BCUT2D eigenvalue weighted by molar-refractivity contribution is -0.136. The minimum Gasteiger partial charge on any atom is -0.481 e. The van der Waals surface area contributed by atoms with Crippen molar-refractivity contribution in [2.75, 3.05) is 0 Å². The molecule has 0 saturated heterocycles. The quantitative estimate of drug-likeness (QED) is 0.459. The second kappa shape index (κ2) is 7.40. The monoisotopic (exact) mass is 383 g/mol. The Morgan fingerprint density at radius 3 is 2.31 bits per heavy atom. The molecule has 0 atom stereocenters. The molecule has 4 aromatic rings. The van der Waals surface area contributed by atoms with Crippen LogP contribution in [-0.4, -0.2) is 21.8 Å². The Balaban J connectivity index is 1.80. The van der Waals surface area contributed by atoms with Crippen molar-refractivity contribution in [3.63, 3.8) is 0 Å². The van der Waals surface area contributed by atoms with Gasteiger partial charge in [-0.15, -0.1) is 0 Å². The fourth-order valence-corrected chi connectivity index (χ4v) is 3.85. The molecule has 0 aliphatic heterocycles. The third kappa shape index (κ3) is 3.69. The van der Waals surface area contributed by atoms with Crippen LogP contribution in [0, 0.1) is 13.8 Å². The van der Waals surface area contributed by atoms with Crippen molar-refractivity contribution in [1.82, 2.24) is 4.98 Å². The number of fused-ring (bicyclic) bond motifs is 1. The largest absolute Gasteiger partial charge is 0.481 e. The summed E-state index contributed by atoms with van der Waals surface area (Å²) in [5.74, 6) is -1.17. The van der Waals surface area contributed by atoms with Gasteiger partial charge in [0.25, 0.3) is 0 Å². The Kier molecular flexibility index (Phi) is 4.77. The standard InChI is InChI=1S/C25H21NO3/c1-15-10-16(2)12-19(11-15)17-6-5-7-18(13-17)25(29)24-21(14-23(27)28)20-8-3-4-9-22(20)26-24/h3-13,26H,14H2,1-2H3,(H,27,28). The van der Waals surface area contributed by atoms with E-state index in [-0.39, 0.29) is 12.2 Å². The highest BCUT2D eigenvalue weighted by Crippen LogP contribution is 2.27. The highest BCUT2D eigenvalue weighted by Gasteiger charge is 2.21. The Labute approximate surface area is 168 Å². The molecule has 0 radical (unpaired) electrons. The summed E-state index contributed by atoms with van der Waals surface area (Å²) in [4.78, 5) is 27.8. The number of carbonyl (C=O) groups is 2. The fourth-order valence-electron chi connectivity index (χ4n) is 3.85. The topological polar surface area (TPSA) is 70.2 Å². The number of aliphatic carboxylic acids is 1. The van der Waals surface area contributed by atoms with E-state index < -0.39 is 5.97 Å². The molecular weight excluding hydrogens is 362 g/mol. The summed E-state index contributed by atoms with van der Waals surface area (Å²) < 4.78 is 0. The van der Waals surface area contributed by atoms with Gasteiger partial charge in [0.2, 0.25) is 5.78 Å². The van der Waals surface area contributed by atoms with Crippen LogP contribution in [0.5, 0.6) is 0 Å². The Morgan fingerprint density at radius 2 is 1.59 bits per heavy atom. The van der Waals surface area contributed by atoms with Gasteiger partial charge in [0, 0.05) is 22.0 Å². The summed E-state index contributed by atoms with van der Waals surface area (Å²) in [6.07, 6.45) is -0.206. The molecule has 1 aromatic heterocycles. The summed E-state index contributed by atoms with van der Waals surface area (Å²) in [6.45, 7) is 4.10. The molecule has 0 aliphatic carbocycles. The van der Waals surface area contributed by atoms with Gasteiger partial charge in [-0.2, -0.15) is 0 Å². The average molecular weight is 383 g/mol. The predicted octanol–water partition coefficient (Wildman–Crippen LogP) is 5.31. The van der Waals surface area contributed by atoms with Crippen molar-refractivity contribution >= 4 is 22.7 Å². The number of hydrogen-bond acceptors (Lipinski definition) is 2. The average Bonchev–Trinajstić information content (AvgIpc) is 3.05. The first-order chi connectivity index (χ1) is 13.9. The number of H-pyrrole nitrogens is 1. The van der Waals surface area contributed by atoms with Crippen molar-refractivity contribution < 1.29 is 14.7 Å². The first-order valence-corrected chi connectivity index (χ1v) is 9.47. The lowest BCUT2D eigenvalue weighted by Crippen LogP contribution is -2.09. The van der Waals surface area contributed by atoms with E-state index >= 15 is 0 Å². The summed E-state index contributed by atoms with van der Waals surface area (Å²) in [6, 6.07) is 21.2. The van der Waals surface area contributed by atoms with Crippen molar-refractivity contribution in [3.05, 3.63) is 94.7 Å². The van der Waals surface area contributed by atoms with Crippen LogP contribution in [0.1, 0.15) is 32.7 Å². The molecule has 4 heteroatoms. The molecular formula is C25H21NO3. The molecule has 0 bridgehead atoms. The van der Waals surface area contributed by atoms with Crippen LogP contribution in [-0.2, 0) is 11.2 Å². The summed E-state index contributed by atoms with van der Waals surface area (Å²) in [5, 5.41) is 10.1. The number of hydrogen-bond donors (Lipinski definition) is 2. The molecule has 3 aromatic carbocycles. The number of ketones is 1. The maximum atomic E-state index is 13.3.